The first-order chi connectivity index (χ1) is 11.7. The van der Waals surface area contributed by atoms with Crippen LogP contribution in [0.3, 0.4) is 0 Å². The molecule has 0 unspecified atom stereocenters. The molecule has 3 rings (SSSR count). The summed E-state index contributed by atoms with van der Waals surface area (Å²) >= 11 is 1.56. The summed E-state index contributed by atoms with van der Waals surface area (Å²) in [5.41, 5.74) is 6.44. The molecular formula is C18H25N5S. The lowest BCUT2D eigenvalue weighted by molar-refractivity contribution is 0.269. The Labute approximate surface area is 148 Å². The highest BCUT2D eigenvalue weighted by molar-refractivity contribution is 7.13. The summed E-state index contributed by atoms with van der Waals surface area (Å²) in [5.74, 6) is 0. The third-order valence-corrected chi connectivity index (χ3v) is 5.06. The van der Waals surface area contributed by atoms with Gasteiger partial charge in [0, 0.05) is 25.0 Å². The molecule has 0 saturated carbocycles. The van der Waals surface area contributed by atoms with Crippen LogP contribution in [0.15, 0.2) is 34.7 Å². The molecule has 1 aromatic heterocycles. The number of hydrogen-bond donors (Lipinski definition) is 1. The fourth-order valence-corrected chi connectivity index (χ4v) is 3.43. The molecule has 5 nitrogen and oxygen atoms in total. The highest BCUT2D eigenvalue weighted by Crippen LogP contribution is 2.14. The lowest BCUT2D eigenvalue weighted by Crippen LogP contribution is -2.28. The van der Waals surface area contributed by atoms with Crippen molar-refractivity contribution in [2.24, 2.45) is 5.10 Å². The molecule has 1 aromatic carbocycles. The first kappa shape index (κ1) is 17.1. The van der Waals surface area contributed by atoms with Crippen molar-refractivity contribution in [1.29, 1.82) is 0 Å². The van der Waals surface area contributed by atoms with Crippen molar-refractivity contribution in [3.63, 3.8) is 0 Å². The number of rotatable bonds is 5. The number of benzene rings is 1. The molecule has 0 bridgehead atoms. The Morgan fingerprint density at radius 1 is 1.21 bits per heavy atom. The lowest BCUT2D eigenvalue weighted by Gasteiger charge is -2.20. The Morgan fingerprint density at radius 3 is 2.79 bits per heavy atom. The second-order valence-corrected chi connectivity index (χ2v) is 7.20. The van der Waals surface area contributed by atoms with E-state index in [4.69, 9.17) is 0 Å². The van der Waals surface area contributed by atoms with Crippen molar-refractivity contribution in [3.05, 3.63) is 46.5 Å². The van der Waals surface area contributed by atoms with Crippen LogP contribution in [0.5, 0.6) is 0 Å². The number of thiazole rings is 1. The summed E-state index contributed by atoms with van der Waals surface area (Å²) in [6.07, 6.45) is 3.09. The number of aryl methyl sites for hydroxylation is 1. The van der Waals surface area contributed by atoms with E-state index >= 15 is 0 Å². The number of nitrogens with zero attached hydrogens (tertiary/aromatic N) is 4. The number of likely N-dealkylation sites (N-methyl/N-ethyl adjacent to an activating group) is 1. The maximum atomic E-state index is 4.32. The van der Waals surface area contributed by atoms with Crippen molar-refractivity contribution in [3.8, 4) is 0 Å². The molecule has 1 aliphatic rings. The van der Waals surface area contributed by atoms with E-state index in [-0.39, 0.29) is 0 Å². The monoisotopic (exact) mass is 343 g/mol. The van der Waals surface area contributed by atoms with E-state index in [9.17, 15) is 0 Å². The van der Waals surface area contributed by atoms with E-state index in [0.29, 0.717) is 0 Å². The molecule has 1 saturated heterocycles. The van der Waals surface area contributed by atoms with Gasteiger partial charge < -0.3 is 4.90 Å². The van der Waals surface area contributed by atoms with Gasteiger partial charge in [0.25, 0.3) is 0 Å². The highest BCUT2D eigenvalue weighted by atomic mass is 32.1. The topological polar surface area (TPSA) is 43.8 Å². The van der Waals surface area contributed by atoms with Gasteiger partial charge in [-0.15, -0.1) is 11.3 Å². The maximum absolute atomic E-state index is 4.32. The fourth-order valence-electron chi connectivity index (χ4n) is 2.79. The Bertz CT molecular complexity index is 664. The molecule has 0 spiro atoms. The van der Waals surface area contributed by atoms with Gasteiger partial charge in [-0.1, -0.05) is 24.3 Å². The average molecular weight is 344 g/mol. The van der Waals surface area contributed by atoms with E-state index in [1.165, 1.54) is 25.1 Å². The second-order valence-electron chi connectivity index (χ2n) is 6.34. The molecular weight excluding hydrogens is 318 g/mol. The lowest BCUT2D eigenvalue weighted by atomic mass is 10.1. The van der Waals surface area contributed by atoms with Crippen LogP contribution in [-0.2, 0) is 6.54 Å². The van der Waals surface area contributed by atoms with Crippen LogP contribution in [0, 0.1) is 6.92 Å². The number of aromatic nitrogens is 1. The zero-order valence-corrected chi connectivity index (χ0v) is 15.2. The van der Waals surface area contributed by atoms with Crippen LogP contribution in [0.1, 0.15) is 23.2 Å². The van der Waals surface area contributed by atoms with E-state index < -0.39 is 0 Å². The van der Waals surface area contributed by atoms with Crippen molar-refractivity contribution in [2.45, 2.75) is 19.9 Å². The first-order valence-electron chi connectivity index (χ1n) is 8.40. The SMILES string of the molecule is Cc1csc(NN=Cc2ccc(CN3CCCN(C)CC3)cc2)n1. The minimum absolute atomic E-state index is 0.825. The normalized spacial score (nSPS) is 17.2. The van der Waals surface area contributed by atoms with Crippen LogP contribution in [0.2, 0.25) is 0 Å². The zero-order valence-electron chi connectivity index (χ0n) is 14.4. The maximum Gasteiger partial charge on any atom is 0.203 e. The minimum atomic E-state index is 0.825. The van der Waals surface area contributed by atoms with Crippen molar-refractivity contribution >= 4 is 22.7 Å². The number of anilines is 1. The van der Waals surface area contributed by atoms with E-state index in [2.05, 4.69) is 56.6 Å². The molecule has 2 heterocycles. The molecule has 0 atom stereocenters. The summed E-state index contributed by atoms with van der Waals surface area (Å²) in [5, 5.41) is 7.08. The molecule has 128 valence electrons. The number of hydrazone groups is 1. The molecule has 1 fully saturated rings. The third kappa shape index (κ3) is 5.12. The van der Waals surface area contributed by atoms with Gasteiger partial charge in [-0.25, -0.2) is 4.98 Å². The van der Waals surface area contributed by atoms with Gasteiger partial charge in [0.05, 0.1) is 11.9 Å². The van der Waals surface area contributed by atoms with Crippen LogP contribution in [0.25, 0.3) is 0 Å². The van der Waals surface area contributed by atoms with E-state index in [1.807, 2.05) is 18.5 Å². The molecule has 0 aliphatic carbocycles. The molecule has 1 N–H and O–H groups in total. The van der Waals surface area contributed by atoms with Crippen LogP contribution < -0.4 is 5.43 Å². The van der Waals surface area contributed by atoms with E-state index in [1.54, 1.807) is 11.3 Å². The summed E-state index contributed by atoms with van der Waals surface area (Å²) in [7, 11) is 2.21. The summed E-state index contributed by atoms with van der Waals surface area (Å²) < 4.78 is 0. The minimum Gasteiger partial charge on any atom is -0.305 e. The standard InChI is InChI=1S/C18H25N5S/c1-15-14-24-18(20-15)21-19-12-16-4-6-17(7-5-16)13-23-9-3-8-22(2)10-11-23/h4-7,12,14H,3,8-11,13H2,1-2H3,(H,20,21). The summed E-state index contributed by atoms with van der Waals surface area (Å²) in [4.78, 5) is 9.27. The fraction of sp³-hybridized carbons (Fsp3) is 0.444. The van der Waals surface area contributed by atoms with Gasteiger partial charge in [-0.3, -0.25) is 10.3 Å². The largest absolute Gasteiger partial charge is 0.305 e. The first-order valence-corrected chi connectivity index (χ1v) is 9.28. The third-order valence-electron chi connectivity index (χ3n) is 4.19. The highest BCUT2D eigenvalue weighted by Gasteiger charge is 2.11. The van der Waals surface area contributed by atoms with Gasteiger partial charge in [0.2, 0.25) is 5.13 Å². The Balaban J connectivity index is 1.51. The summed E-state index contributed by atoms with van der Waals surface area (Å²) in [6.45, 7) is 7.71. The van der Waals surface area contributed by atoms with Crippen molar-refractivity contribution in [1.82, 2.24) is 14.8 Å². The van der Waals surface area contributed by atoms with Gasteiger partial charge in [-0.05, 0) is 44.6 Å². The van der Waals surface area contributed by atoms with Crippen LogP contribution in [0.4, 0.5) is 5.13 Å². The molecule has 6 heteroatoms. The molecule has 1 aliphatic heterocycles. The van der Waals surface area contributed by atoms with Crippen molar-refractivity contribution < 1.29 is 0 Å². The second kappa shape index (κ2) is 8.37. The quantitative estimate of drug-likeness (QED) is 0.669. The van der Waals surface area contributed by atoms with Gasteiger partial charge in [0.1, 0.15) is 0 Å². The summed E-state index contributed by atoms with van der Waals surface area (Å²) in [6, 6.07) is 8.64. The molecule has 2 aromatic rings. The van der Waals surface area contributed by atoms with Crippen molar-refractivity contribution in [2.75, 3.05) is 38.7 Å². The average Bonchev–Trinajstić information content (AvgIpc) is 2.88. The molecule has 0 radical (unpaired) electrons. The van der Waals surface area contributed by atoms with Gasteiger partial charge in [-0.2, -0.15) is 5.10 Å². The van der Waals surface area contributed by atoms with E-state index in [0.717, 1.165) is 36.0 Å². The van der Waals surface area contributed by atoms with Crippen LogP contribution in [-0.4, -0.2) is 54.2 Å². The number of nitrogens with one attached hydrogen (secondary N) is 1. The molecule has 0 amide bonds. The predicted molar refractivity (Wildman–Crippen MR) is 102 cm³/mol. The Kier molecular flexibility index (Phi) is 5.96. The number of hydrogen-bond acceptors (Lipinski definition) is 6. The van der Waals surface area contributed by atoms with Gasteiger partial charge >= 0.3 is 0 Å². The molecule has 24 heavy (non-hydrogen) atoms. The van der Waals surface area contributed by atoms with Gasteiger partial charge in [0.15, 0.2) is 0 Å². The Hall–Kier alpha value is -1.76. The predicted octanol–water partition coefficient (Wildman–Crippen LogP) is 3.04. The van der Waals surface area contributed by atoms with Crippen LogP contribution >= 0.6 is 11.3 Å². The Morgan fingerprint density at radius 2 is 2.04 bits per heavy atom. The smallest absolute Gasteiger partial charge is 0.203 e. The zero-order chi connectivity index (χ0) is 16.8.